The number of hydrogen-bond acceptors (Lipinski definition) is 6. The first-order valence-electron chi connectivity index (χ1n) is 10.6. The molecule has 0 unspecified atom stereocenters. The number of nitrogens with zero attached hydrogens (tertiary/aromatic N) is 6. The minimum Gasteiger partial charge on any atom is -0.481 e. The van der Waals surface area contributed by atoms with Crippen LogP contribution in [0, 0.1) is 13.8 Å². The summed E-state index contributed by atoms with van der Waals surface area (Å²) in [7, 11) is 1.96. The molecule has 3 aromatic heterocycles. The number of pyridine rings is 1. The van der Waals surface area contributed by atoms with Gasteiger partial charge in [-0.3, -0.25) is 9.48 Å². The van der Waals surface area contributed by atoms with Gasteiger partial charge in [0.2, 0.25) is 0 Å². The van der Waals surface area contributed by atoms with Gasteiger partial charge in [0.15, 0.2) is 5.82 Å². The van der Waals surface area contributed by atoms with E-state index in [2.05, 4.69) is 58.3 Å². The molecule has 0 fully saturated rings. The van der Waals surface area contributed by atoms with E-state index in [0.29, 0.717) is 0 Å². The van der Waals surface area contributed by atoms with Gasteiger partial charge in [-0.25, -0.2) is 4.98 Å². The van der Waals surface area contributed by atoms with Crippen LogP contribution >= 0.6 is 0 Å². The van der Waals surface area contributed by atoms with Crippen LogP contribution in [0.5, 0.6) is 0 Å². The highest BCUT2D eigenvalue weighted by atomic mass is 16.4. The quantitative estimate of drug-likeness (QED) is 0.500. The largest absolute Gasteiger partial charge is 0.481 e. The van der Waals surface area contributed by atoms with Crippen molar-refractivity contribution in [3.8, 4) is 22.8 Å². The van der Waals surface area contributed by atoms with E-state index >= 15 is 0 Å². The summed E-state index contributed by atoms with van der Waals surface area (Å²) in [6.45, 7) is 8.17. The Balaban J connectivity index is 0.000000567. The van der Waals surface area contributed by atoms with E-state index in [1.54, 1.807) is 6.33 Å². The molecule has 0 saturated heterocycles. The smallest absolute Gasteiger partial charge is 0.300 e. The Morgan fingerprint density at radius 3 is 2.69 bits per heavy atom. The lowest BCUT2D eigenvalue weighted by Gasteiger charge is -2.11. The van der Waals surface area contributed by atoms with E-state index in [4.69, 9.17) is 20.0 Å². The highest BCUT2D eigenvalue weighted by Crippen LogP contribution is 2.31. The third kappa shape index (κ3) is 4.24. The Kier molecular flexibility index (Phi) is 6.00. The molecule has 0 amide bonds. The summed E-state index contributed by atoms with van der Waals surface area (Å²) in [5.74, 6) is 0.0176. The summed E-state index contributed by atoms with van der Waals surface area (Å²) in [6.07, 6.45) is 2.82. The summed E-state index contributed by atoms with van der Waals surface area (Å²) in [6, 6.07) is 8.54. The van der Waals surface area contributed by atoms with E-state index in [0.717, 1.165) is 72.2 Å². The van der Waals surface area contributed by atoms with Gasteiger partial charge in [-0.05, 0) is 50.1 Å². The lowest BCUT2D eigenvalue weighted by atomic mass is 10.00. The predicted molar refractivity (Wildman–Crippen MR) is 122 cm³/mol. The number of carboxylic acid groups (broad SMARTS) is 1. The Bertz CT molecular complexity index is 1260. The molecule has 1 aromatic carbocycles. The van der Waals surface area contributed by atoms with Crippen LogP contribution in [0.4, 0.5) is 0 Å². The Hall–Kier alpha value is -3.59. The van der Waals surface area contributed by atoms with Crippen molar-refractivity contribution in [2.75, 3.05) is 6.54 Å². The second kappa shape index (κ2) is 8.88. The zero-order valence-electron chi connectivity index (χ0n) is 18.8. The van der Waals surface area contributed by atoms with Crippen LogP contribution in [0.25, 0.3) is 33.7 Å². The number of aromatic nitrogens is 6. The van der Waals surface area contributed by atoms with Crippen molar-refractivity contribution in [1.82, 2.24) is 34.8 Å². The zero-order valence-corrected chi connectivity index (χ0v) is 18.8. The number of rotatable bonds is 2. The zero-order chi connectivity index (χ0) is 22.8. The molecule has 9 nitrogen and oxygen atoms in total. The molecule has 9 heteroatoms. The van der Waals surface area contributed by atoms with Gasteiger partial charge < -0.3 is 15.0 Å². The number of hydrogen-bond donors (Lipinski definition) is 2. The Morgan fingerprint density at radius 2 is 1.97 bits per heavy atom. The molecule has 0 atom stereocenters. The van der Waals surface area contributed by atoms with Crippen molar-refractivity contribution in [2.45, 2.75) is 40.3 Å². The average molecular weight is 434 g/mol. The number of benzene rings is 1. The molecule has 0 saturated carbocycles. The topological polar surface area (TPSA) is 111 Å². The second-order valence-electron chi connectivity index (χ2n) is 8.02. The van der Waals surface area contributed by atoms with E-state index < -0.39 is 5.97 Å². The first kappa shape index (κ1) is 21.6. The molecule has 166 valence electrons. The normalized spacial score (nSPS) is 13.2. The summed E-state index contributed by atoms with van der Waals surface area (Å²) in [5, 5.41) is 25.2. The minimum absolute atomic E-state index is 0.833. The molecule has 0 spiro atoms. The second-order valence-corrected chi connectivity index (χ2v) is 8.02. The maximum absolute atomic E-state index is 9.00. The summed E-state index contributed by atoms with van der Waals surface area (Å²) >= 11 is 0. The summed E-state index contributed by atoms with van der Waals surface area (Å²) in [5.41, 5.74) is 7.45. The number of carboxylic acids is 1. The average Bonchev–Trinajstić information content (AvgIpc) is 3.28. The molecule has 0 radical (unpaired) electrons. The highest BCUT2D eigenvalue weighted by Gasteiger charge is 2.17. The van der Waals surface area contributed by atoms with Gasteiger partial charge in [-0.2, -0.15) is 5.10 Å². The van der Waals surface area contributed by atoms with Crippen LogP contribution in [0.15, 0.2) is 30.6 Å². The van der Waals surface area contributed by atoms with Gasteiger partial charge in [-0.15, -0.1) is 10.2 Å². The van der Waals surface area contributed by atoms with E-state index in [-0.39, 0.29) is 0 Å². The number of nitrogens with one attached hydrogen (secondary N) is 1. The van der Waals surface area contributed by atoms with Crippen molar-refractivity contribution in [1.29, 1.82) is 0 Å². The molecule has 1 aliphatic heterocycles. The fourth-order valence-corrected chi connectivity index (χ4v) is 3.99. The number of aryl methyl sites for hydroxylation is 4. The van der Waals surface area contributed by atoms with Crippen molar-refractivity contribution < 1.29 is 9.90 Å². The van der Waals surface area contributed by atoms with Crippen LogP contribution in [0.2, 0.25) is 0 Å². The Labute approximate surface area is 186 Å². The fourth-order valence-electron chi connectivity index (χ4n) is 3.99. The first-order chi connectivity index (χ1) is 15.3. The number of carbonyl (C=O) groups is 1. The molecule has 0 bridgehead atoms. The Morgan fingerprint density at radius 1 is 1.19 bits per heavy atom. The van der Waals surface area contributed by atoms with E-state index in [9.17, 15) is 0 Å². The first-order valence-corrected chi connectivity index (χ1v) is 10.6. The van der Waals surface area contributed by atoms with Gasteiger partial charge in [0.1, 0.15) is 12.0 Å². The van der Waals surface area contributed by atoms with Gasteiger partial charge in [0.25, 0.3) is 5.97 Å². The lowest BCUT2D eigenvalue weighted by Crippen LogP contribution is -2.11. The molecule has 4 aromatic rings. The van der Waals surface area contributed by atoms with Crippen molar-refractivity contribution in [2.24, 2.45) is 7.05 Å². The maximum Gasteiger partial charge on any atom is 0.300 e. The van der Waals surface area contributed by atoms with Crippen molar-refractivity contribution in [3.05, 3.63) is 47.4 Å². The molecular formula is C23H27N7O2. The highest BCUT2D eigenvalue weighted by molar-refractivity contribution is 5.91. The van der Waals surface area contributed by atoms with Crippen LogP contribution in [0.1, 0.15) is 30.2 Å². The van der Waals surface area contributed by atoms with Gasteiger partial charge in [0, 0.05) is 38.0 Å². The SMILES string of the molecule is CC(=O)O.Cc1cc(-c2cc3n(n2)CCCNC3)nc2c(C)c(-c3nncn3C)ccc12. The van der Waals surface area contributed by atoms with Crippen LogP contribution < -0.4 is 5.32 Å². The molecule has 0 aliphatic carbocycles. The minimum atomic E-state index is -0.833. The van der Waals surface area contributed by atoms with Crippen LogP contribution in [-0.4, -0.2) is 47.1 Å². The van der Waals surface area contributed by atoms with Crippen LogP contribution in [0.3, 0.4) is 0 Å². The molecule has 2 N–H and O–H groups in total. The number of aliphatic carboxylic acids is 1. The summed E-state index contributed by atoms with van der Waals surface area (Å²) in [4.78, 5) is 14.0. The van der Waals surface area contributed by atoms with Crippen molar-refractivity contribution >= 4 is 16.9 Å². The molecule has 1 aliphatic rings. The van der Waals surface area contributed by atoms with Crippen molar-refractivity contribution in [3.63, 3.8) is 0 Å². The standard InChI is InChI=1S/C21H23N7.C2H4O2/c1-13-9-18(19-10-15-11-22-7-4-8-28(15)26-19)24-20-14(2)17(6-5-16(13)20)21-25-23-12-27(21)3;1-2(3)4/h5-6,9-10,12,22H,4,7-8,11H2,1-3H3;1H3,(H,3,4). The van der Waals surface area contributed by atoms with Crippen LogP contribution in [-0.2, 0) is 24.9 Å². The van der Waals surface area contributed by atoms with E-state index in [1.165, 1.54) is 11.3 Å². The fraction of sp³-hybridized carbons (Fsp3) is 0.348. The third-order valence-electron chi connectivity index (χ3n) is 5.55. The summed E-state index contributed by atoms with van der Waals surface area (Å²) < 4.78 is 4.05. The predicted octanol–water partition coefficient (Wildman–Crippen LogP) is 3.09. The lowest BCUT2D eigenvalue weighted by molar-refractivity contribution is -0.134. The van der Waals surface area contributed by atoms with Gasteiger partial charge in [-0.1, -0.05) is 12.1 Å². The molecular weight excluding hydrogens is 406 g/mol. The molecule has 4 heterocycles. The van der Waals surface area contributed by atoms with E-state index in [1.807, 2.05) is 11.6 Å². The van der Waals surface area contributed by atoms with Gasteiger partial charge in [0.05, 0.1) is 16.9 Å². The number of fused-ring (bicyclic) bond motifs is 2. The maximum atomic E-state index is 9.00. The monoisotopic (exact) mass is 433 g/mol. The third-order valence-corrected chi connectivity index (χ3v) is 5.55. The molecule has 5 rings (SSSR count). The van der Waals surface area contributed by atoms with Gasteiger partial charge >= 0.3 is 0 Å². The molecule has 32 heavy (non-hydrogen) atoms.